The van der Waals surface area contributed by atoms with Crippen molar-refractivity contribution in [1.82, 2.24) is 9.55 Å². The molecule has 0 radical (unpaired) electrons. The molecule has 0 N–H and O–H groups in total. The Morgan fingerprint density at radius 2 is 1.59 bits per heavy atom. The molecule has 0 bridgehead atoms. The van der Waals surface area contributed by atoms with Crippen LogP contribution in [0.3, 0.4) is 0 Å². The van der Waals surface area contributed by atoms with Crippen LogP contribution in [0, 0.1) is 0 Å². The van der Waals surface area contributed by atoms with Gasteiger partial charge in [0.2, 0.25) is 5.78 Å². The lowest BCUT2D eigenvalue weighted by Crippen LogP contribution is -2.44. The van der Waals surface area contributed by atoms with E-state index in [0.29, 0.717) is 12.1 Å². The summed E-state index contributed by atoms with van der Waals surface area (Å²) in [5.74, 6) is 0.0570. The minimum Gasteiger partial charge on any atom is -0.444 e. The second kappa shape index (κ2) is 8.51. The van der Waals surface area contributed by atoms with E-state index in [1.54, 1.807) is 17.0 Å². The van der Waals surface area contributed by atoms with Gasteiger partial charge in [0, 0.05) is 24.5 Å². The average molecular weight is 423 g/mol. The van der Waals surface area contributed by atoms with E-state index < -0.39 is 12.1 Å². The number of anilines is 1. The molecule has 1 aliphatic rings. The van der Waals surface area contributed by atoms with Crippen LogP contribution in [-0.2, 0) is 17.8 Å². The zero-order chi connectivity index (χ0) is 21.9. The normalized spacial score (nSPS) is 14.8. The van der Waals surface area contributed by atoms with E-state index in [-0.39, 0.29) is 18.2 Å². The van der Waals surface area contributed by atoms with Crippen molar-refractivity contribution >= 4 is 17.6 Å². The standard InChI is InChI=1S/C26H21N3O3/c30-24(25-27-15-16-28(25)21-12-5-2-6-13-21)23-17-20-11-7-8-14-22(20)29(23)26(31)32-18-19-9-3-1-4-10-19/h1-16,23H,17-18H2. The van der Waals surface area contributed by atoms with Crippen LogP contribution in [-0.4, -0.2) is 27.5 Å². The SMILES string of the molecule is O=C(c1nccn1-c1ccccc1)C1Cc2ccccc2N1C(=O)OCc1ccccc1. The number of carbonyl (C=O) groups is 2. The fraction of sp³-hybridized carbons (Fsp3) is 0.115. The molecule has 158 valence electrons. The molecule has 1 aromatic heterocycles. The number of aromatic nitrogens is 2. The van der Waals surface area contributed by atoms with Crippen LogP contribution in [0.4, 0.5) is 10.5 Å². The van der Waals surface area contributed by atoms with E-state index in [4.69, 9.17) is 4.74 Å². The predicted octanol–water partition coefficient (Wildman–Crippen LogP) is 4.82. The van der Waals surface area contributed by atoms with Crippen molar-refractivity contribution in [1.29, 1.82) is 0 Å². The number of imidazole rings is 1. The molecular formula is C26H21N3O3. The third kappa shape index (κ3) is 3.67. The Balaban J connectivity index is 1.45. The second-order valence-electron chi connectivity index (χ2n) is 7.58. The number of hydrogen-bond donors (Lipinski definition) is 0. The molecule has 4 aromatic rings. The van der Waals surface area contributed by atoms with Gasteiger partial charge in [0.05, 0.1) is 5.69 Å². The highest BCUT2D eigenvalue weighted by molar-refractivity contribution is 6.07. The zero-order valence-corrected chi connectivity index (χ0v) is 17.3. The second-order valence-corrected chi connectivity index (χ2v) is 7.58. The lowest BCUT2D eigenvalue weighted by Gasteiger charge is -2.24. The van der Waals surface area contributed by atoms with Gasteiger partial charge in [0.15, 0.2) is 5.82 Å². The molecule has 5 rings (SSSR count). The number of para-hydroxylation sites is 2. The fourth-order valence-electron chi connectivity index (χ4n) is 4.04. The molecule has 1 amide bonds. The van der Waals surface area contributed by atoms with E-state index in [0.717, 1.165) is 16.8 Å². The largest absolute Gasteiger partial charge is 0.444 e. The Morgan fingerprint density at radius 1 is 0.906 bits per heavy atom. The number of nitrogens with zero attached hydrogens (tertiary/aromatic N) is 3. The van der Waals surface area contributed by atoms with Crippen LogP contribution in [0.15, 0.2) is 97.3 Å². The number of hydrogen-bond acceptors (Lipinski definition) is 4. The van der Waals surface area contributed by atoms with Gasteiger partial charge in [-0.25, -0.2) is 9.78 Å². The highest BCUT2D eigenvalue weighted by atomic mass is 16.6. The molecule has 3 aromatic carbocycles. The maximum absolute atomic E-state index is 13.6. The third-order valence-corrected chi connectivity index (χ3v) is 5.58. The molecule has 1 unspecified atom stereocenters. The molecule has 6 heteroatoms. The summed E-state index contributed by atoms with van der Waals surface area (Å²) < 4.78 is 7.34. The Hall–Kier alpha value is -4.19. The minimum absolute atomic E-state index is 0.137. The van der Waals surface area contributed by atoms with Gasteiger partial charge in [-0.2, -0.15) is 0 Å². The van der Waals surface area contributed by atoms with Crippen LogP contribution in [0.2, 0.25) is 0 Å². The zero-order valence-electron chi connectivity index (χ0n) is 17.3. The van der Waals surface area contributed by atoms with Crippen LogP contribution >= 0.6 is 0 Å². The lowest BCUT2D eigenvalue weighted by molar-refractivity contribution is 0.0935. The summed E-state index contributed by atoms with van der Waals surface area (Å²) >= 11 is 0. The number of carbonyl (C=O) groups excluding carboxylic acids is 2. The molecule has 6 nitrogen and oxygen atoms in total. The smallest absolute Gasteiger partial charge is 0.415 e. The highest BCUT2D eigenvalue weighted by Gasteiger charge is 2.41. The number of fused-ring (bicyclic) bond motifs is 1. The quantitative estimate of drug-likeness (QED) is 0.432. The molecule has 2 heterocycles. The predicted molar refractivity (Wildman–Crippen MR) is 121 cm³/mol. The van der Waals surface area contributed by atoms with Gasteiger partial charge in [-0.1, -0.05) is 66.7 Å². The van der Waals surface area contributed by atoms with Gasteiger partial charge in [0.1, 0.15) is 12.6 Å². The number of benzene rings is 3. The molecule has 0 saturated heterocycles. The molecule has 32 heavy (non-hydrogen) atoms. The van der Waals surface area contributed by atoms with E-state index in [2.05, 4.69) is 4.98 Å². The van der Waals surface area contributed by atoms with E-state index in [1.165, 1.54) is 4.90 Å². The minimum atomic E-state index is -0.722. The van der Waals surface area contributed by atoms with E-state index >= 15 is 0 Å². The maximum atomic E-state index is 13.6. The van der Waals surface area contributed by atoms with Crippen molar-refractivity contribution in [3.05, 3.63) is 114 Å². The van der Waals surface area contributed by atoms with Crippen molar-refractivity contribution in [3.8, 4) is 5.69 Å². The number of ether oxygens (including phenoxy) is 1. The van der Waals surface area contributed by atoms with E-state index in [1.807, 2.05) is 84.9 Å². The van der Waals surface area contributed by atoms with Crippen LogP contribution < -0.4 is 4.90 Å². The number of Topliss-reactive ketones (excluding diaryl/α,β-unsaturated/α-hetero) is 1. The molecule has 0 fully saturated rings. The molecular weight excluding hydrogens is 402 g/mol. The van der Waals surface area contributed by atoms with Crippen molar-refractivity contribution in [2.24, 2.45) is 0 Å². The Kier molecular flexibility index (Phi) is 5.25. The number of ketones is 1. The molecule has 0 spiro atoms. The van der Waals surface area contributed by atoms with Crippen LogP contribution in [0.25, 0.3) is 5.69 Å². The number of rotatable bonds is 5. The van der Waals surface area contributed by atoms with Gasteiger partial charge in [-0.3, -0.25) is 14.3 Å². The van der Waals surface area contributed by atoms with Gasteiger partial charge in [-0.15, -0.1) is 0 Å². The first-order chi connectivity index (χ1) is 15.7. The average Bonchev–Trinajstić information content (AvgIpc) is 3.49. The first kappa shape index (κ1) is 19.8. The summed E-state index contributed by atoms with van der Waals surface area (Å²) in [6.45, 7) is 0.137. The Bertz CT molecular complexity index is 1250. The first-order valence-electron chi connectivity index (χ1n) is 10.4. The van der Waals surface area contributed by atoms with Crippen molar-refractivity contribution in [3.63, 3.8) is 0 Å². The molecule has 1 atom stereocenters. The summed E-state index contributed by atoms with van der Waals surface area (Å²) in [5, 5.41) is 0. The van der Waals surface area contributed by atoms with Gasteiger partial charge in [-0.05, 0) is 29.3 Å². The van der Waals surface area contributed by atoms with Crippen LogP contribution in [0.1, 0.15) is 21.7 Å². The number of amides is 1. The first-order valence-corrected chi connectivity index (χ1v) is 10.4. The Labute approximate surface area is 185 Å². The molecule has 0 saturated carbocycles. The van der Waals surface area contributed by atoms with Crippen LogP contribution in [0.5, 0.6) is 0 Å². The van der Waals surface area contributed by atoms with Gasteiger partial charge < -0.3 is 4.74 Å². The van der Waals surface area contributed by atoms with Crippen molar-refractivity contribution in [2.45, 2.75) is 19.1 Å². The summed E-state index contributed by atoms with van der Waals surface area (Å²) in [4.78, 5) is 32.6. The Morgan fingerprint density at radius 3 is 2.38 bits per heavy atom. The topological polar surface area (TPSA) is 64.4 Å². The summed E-state index contributed by atoms with van der Waals surface area (Å²) in [5.41, 5.74) is 3.35. The molecule has 0 aliphatic carbocycles. The summed E-state index contributed by atoms with van der Waals surface area (Å²) in [7, 11) is 0. The highest BCUT2D eigenvalue weighted by Crippen LogP contribution is 2.34. The summed E-state index contributed by atoms with van der Waals surface area (Å²) in [6.07, 6.45) is 3.22. The van der Waals surface area contributed by atoms with Gasteiger partial charge in [0.25, 0.3) is 0 Å². The van der Waals surface area contributed by atoms with Crippen molar-refractivity contribution in [2.75, 3.05) is 4.90 Å². The maximum Gasteiger partial charge on any atom is 0.415 e. The van der Waals surface area contributed by atoms with E-state index in [9.17, 15) is 9.59 Å². The monoisotopic (exact) mass is 423 g/mol. The fourth-order valence-corrected chi connectivity index (χ4v) is 4.04. The lowest BCUT2D eigenvalue weighted by atomic mass is 10.1. The third-order valence-electron chi connectivity index (χ3n) is 5.58. The van der Waals surface area contributed by atoms with Crippen molar-refractivity contribution < 1.29 is 14.3 Å². The summed E-state index contributed by atoms with van der Waals surface area (Å²) in [6, 6.07) is 25.8. The molecule has 1 aliphatic heterocycles. The van der Waals surface area contributed by atoms with Gasteiger partial charge >= 0.3 is 6.09 Å².